The summed E-state index contributed by atoms with van der Waals surface area (Å²) in [5.41, 5.74) is 9.89. The van der Waals surface area contributed by atoms with Crippen molar-refractivity contribution >= 4 is 5.91 Å². The molecular formula is C20H22N2O. The molecule has 0 aliphatic carbocycles. The summed E-state index contributed by atoms with van der Waals surface area (Å²) in [6.07, 6.45) is 0.791. The van der Waals surface area contributed by atoms with Crippen LogP contribution in [0.2, 0.25) is 0 Å². The first-order valence-electron chi connectivity index (χ1n) is 7.85. The Morgan fingerprint density at radius 2 is 1.78 bits per heavy atom. The smallest absolute Gasteiger partial charge is 0.248 e. The van der Waals surface area contributed by atoms with Gasteiger partial charge in [-0.2, -0.15) is 5.26 Å². The van der Waals surface area contributed by atoms with Gasteiger partial charge in [0, 0.05) is 5.56 Å². The van der Waals surface area contributed by atoms with Crippen molar-refractivity contribution in [3.05, 3.63) is 70.3 Å². The quantitative estimate of drug-likeness (QED) is 0.902. The van der Waals surface area contributed by atoms with Crippen LogP contribution < -0.4 is 5.73 Å². The number of carbonyl (C=O) groups excluding carboxylic acids is 1. The Bertz CT molecular complexity index is 739. The van der Waals surface area contributed by atoms with Gasteiger partial charge in [-0.1, -0.05) is 51.1 Å². The maximum atomic E-state index is 11.1. The van der Waals surface area contributed by atoms with E-state index in [2.05, 4.69) is 26.8 Å². The lowest BCUT2D eigenvalue weighted by molar-refractivity contribution is 0.100. The minimum atomic E-state index is -0.416. The van der Waals surface area contributed by atoms with Gasteiger partial charge in [-0.25, -0.2) is 0 Å². The van der Waals surface area contributed by atoms with Crippen LogP contribution in [0.5, 0.6) is 0 Å². The van der Waals surface area contributed by atoms with Crippen LogP contribution in [0.4, 0.5) is 0 Å². The van der Waals surface area contributed by atoms with Crippen LogP contribution in [-0.4, -0.2) is 5.91 Å². The minimum Gasteiger partial charge on any atom is -0.366 e. The molecule has 0 spiro atoms. The van der Waals surface area contributed by atoms with E-state index in [1.165, 1.54) is 0 Å². The second kappa shape index (κ2) is 7.11. The van der Waals surface area contributed by atoms with E-state index >= 15 is 0 Å². The first kappa shape index (κ1) is 16.8. The lowest BCUT2D eigenvalue weighted by Gasteiger charge is -2.16. The molecule has 3 heteroatoms. The highest BCUT2D eigenvalue weighted by Gasteiger charge is 2.14. The molecule has 0 heterocycles. The molecule has 0 aromatic heterocycles. The summed E-state index contributed by atoms with van der Waals surface area (Å²) in [7, 11) is 0. The molecule has 0 aliphatic heterocycles. The fourth-order valence-electron chi connectivity index (χ4n) is 2.83. The van der Waals surface area contributed by atoms with Crippen molar-refractivity contribution in [2.45, 2.75) is 39.0 Å². The second-order valence-corrected chi connectivity index (χ2v) is 6.24. The number of benzene rings is 2. The fraction of sp³-hybridized carbons (Fsp3) is 0.300. The van der Waals surface area contributed by atoms with Crippen LogP contribution in [-0.2, 0) is 6.42 Å². The van der Waals surface area contributed by atoms with Crippen LogP contribution in [0.15, 0.2) is 42.5 Å². The van der Waals surface area contributed by atoms with E-state index in [4.69, 9.17) is 5.73 Å². The van der Waals surface area contributed by atoms with E-state index < -0.39 is 5.91 Å². The molecule has 2 aromatic carbocycles. The molecule has 2 N–H and O–H groups in total. The zero-order valence-electron chi connectivity index (χ0n) is 13.8. The van der Waals surface area contributed by atoms with Crippen molar-refractivity contribution < 1.29 is 4.79 Å². The van der Waals surface area contributed by atoms with Crippen LogP contribution in [0.3, 0.4) is 0 Å². The topological polar surface area (TPSA) is 66.9 Å². The van der Waals surface area contributed by atoms with Crippen molar-refractivity contribution in [2.75, 3.05) is 0 Å². The Balaban J connectivity index is 2.27. The fourth-order valence-corrected chi connectivity index (χ4v) is 2.83. The van der Waals surface area contributed by atoms with Crippen LogP contribution >= 0.6 is 0 Å². The summed E-state index contributed by atoms with van der Waals surface area (Å²) in [6, 6.07) is 15.8. The molecule has 0 saturated heterocycles. The average Bonchev–Trinajstić information content (AvgIpc) is 2.54. The molecule has 2 rings (SSSR count). The Morgan fingerprint density at radius 3 is 2.30 bits per heavy atom. The Kier molecular flexibility index (Phi) is 5.18. The van der Waals surface area contributed by atoms with Crippen molar-refractivity contribution in [2.24, 2.45) is 5.73 Å². The molecule has 0 radical (unpaired) electrons. The standard InChI is InChI=1S/C20H22N2O/c1-13(2)18-6-4-5-17(19(18)12-21)11-14(3)15-7-9-16(10-8-15)20(22)23/h4-10,13-14H,11H2,1-3H3,(H2,22,23). The molecule has 3 nitrogen and oxygen atoms in total. The van der Waals surface area contributed by atoms with E-state index in [1.54, 1.807) is 12.1 Å². The van der Waals surface area contributed by atoms with E-state index in [-0.39, 0.29) is 5.92 Å². The van der Waals surface area contributed by atoms with Crippen molar-refractivity contribution in [3.63, 3.8) is 0 Å². The van der Waals surface area contributed by atoms with Gasteiger partial charge >= 0.3 is 0 Å². The van der Waals surface area contributed by atoms with E-state index in [9.17, 15) is 10.1 Å². The second-order valence-electron chi connectivity index (χ2n) is 6.24. The predicted molar refractivity (Wildman–Crippen MR) is 92.3 cm³/mol. The SMILES string of the molecule is CC(C)c1cccc(CC(C)c2ccc(C(N)=O)cc2)c1C#N. The summed E-state index contributed by atoms with van der Waals surface area (Å²) >= 11 is 0. The van der Waals surface area contributed by atoms with Crippen molar-refractivity contribution in [1.82, 2.24) is 0 Å². The third kappa shape index (κ3) is 3.78. The maximum absolute atomic E-state index is 11.1. The zero-order valence-corrected chi connectivity index (χ0v) is 13.8. The van der Waals surface area contributed by atoms with Gasteiger partial charge in [0.25, 0.3) is 0 Å². The normalized spacial score (nSPS) is 12.0. The number of hydrogen-bond acceptors (Lipinski definition) is 2. The molecular weight excluding hydrogens is 284 g/mol. The van der Waals surface area contributed by atoms with E-state index in [0.717, 1.165) is 28.7 Å². The van der Waals surface area contributed by atoms with E-state index in [1.807, 2.05) is 30.3 Å². The highest BCUT2D eigenvalue weighted by atomic mass is 16.1. The zero-order chi connectivity index (χ0) is 17.0. The lowest BCUT2D eigenvalue weighted by atomic mass is 9.87. The number of hydrogen-bond donors (Lipinski definition) is 1. The molecule has 1 unspecified atom stereocenters. The summed E-state index contributed by atoms with van der Waals surface area (Å²) in [5, 5.41) is 9.53. The lowest BCUT2D eigenvalue weighted by Crippen LogP contribution is -2.11. The van der Waals surface area contributed by atoms with Gasteiger partial charge in [0.1, 0.15) is 0 Å². The Labute approximate surface area is 137 Å². The van der Waals surface area contributed by atoms with Gasteiger partial charge in [0.15, 0.2) is 0 Å². The number of carbonyl (C=O) groups is 1. The number of rotatable bonds is 5. The molecule has 23 heavy (non-hydrogen) atoms. The molecule has 118 valence electrons. The van der Waals surface area contributed by atoms with E-state index in [0.29, 0.717) is 11.5 Å². The van der Waals surface area contributed by atoms with Crippen LogP contribution in [0.1, 0.15) is 65.2 Å². The Morgan fingerprint density at radius 1 is 1.13 bits per heavy atom. The van der Waals surface area contributed by atoms with Crippen molar-refractivity contribution in [3.8, 4) is 6.07 Å². The van der Waals surface area contributed by atoms with Gasteiger partial charge in [-0.3, -0.25) is 4.79 Å². The van der Waals surface area contributed by atoms with Gasteiger partial charge in [-0.15, -0.1) is 0 Å². The van der Waals surface area contributed by atoms with Crippen LogP contribution in [0.25, 0.3) is 0 Å². The summed E-state index contributed by atoms with van der Waals surface area (Å²) < 4.78 is 0. The third-order valence-electron chi connectivity index (χ3n) is 4.21. The summed E-state index contributed by atoms with van der Waals surface area (Å²) in [6.45, 7) is 6.33. The number of nitrogens with two attached hydrogens (primary N) is 1. The monoisotopic (exact) mass is 306 g/mol. The molecule has 0 aliphatic rings. The molecule has 1 atom stereocenters. The summed E-state index contributed by atoms with van der Waals surface area (Å²) in [4.78, 5) is 11.1. The number of amides is 1. The predicted octanol–water partition coefficient (Wildman–Crippen LogP) is 4.13. The van der Waals surface area contributed by atoms with Gasteiger partial charge in [0.2, 0.25) is 5.91 Å². The molecule has 1 amide bonds. The van der Waals surface area contributed by atoms with Gasteiger partial charge < -0.3 is 5.73 Å². The number of nitriles is 1. The number of primary amides is 1. The molecule has 2 aromatic rings. The van der Waals surface area contributed by atoms with Crippen molar-refractivity contribution in [1.29, 1.82) is 5.26 Å². The largest absolute Gasteiger partial charge is 0.366 e. The number of nitrogens with zero attached hydrogens (tertiary/aromatic N) is 1. The van der Waals surface area contributed by atoms with Crippen LogP contribution in [0, 0.1) is 11.3 Å². The summed E-state index contributed by atoms with van der Waals surface area (Å²) in [5.74, 6) is 0.168. The highest BCUT2D eigenvalue weighted by Crippen LogP contribution is 2.27. The molecule has 0 bridgehead atoms. The van der Waals surface area contributed by atoms with Gasteiger partial charge in [0.05, 0.1) is 11.6 Å². The minimum absolute atomic E-state index is 0.256. The Hall–Kier alpha value is -2.60. The first-order chi connectivity index (χ1) is 10.9. The highest BCUT2D eigenvalue weighted by molar-refractivity contribution is 5.92. The first-order valence-corrected chi connectivity index (χ1v) is 7.85. The molecule has 0 saturated carbocycles. The van der Waals surface area contributed by atoms with Gasteiger partial charge in [-0.05, 0) is 47.1 Å². The third-order valence-corrected chi connectivity index (χ3v) is 4.21. The average molecular weight is 306 g/mol. The maximum Gasteiger partial charge on any atom is 0.248 e. The molecule has 0 fully saturated rings.